The SMILES string of the molecule is COc1ccc(N2C(=O)C(=O)N(CC(=O)N[C@@H](C)CCc3ccccc3)C2=O)cc1. The van der Waals surface area contributed by atoms with Crippen molar-refractivity contribution in [3.63, 3.8) is 0 Å². The van der Waals surface area contributed by atoms with E-state index in [1.165, 1.54) is 19.2 Å². The highest BCUT2D eigenvalue weighted by Gasteiger charge is 2.46. The third-order valence-corrected chi connectivity index (χ3v) is 4.80. The predicted octanol–water partition coefficient (Wildman–Crippen LogP) is 2.13. The Morgan fingerprint density at radius 2 is 1.67 bits per heavy atom. The lowest BCUT2D eigenvalue weighted by atomic mass is 10.1. The van der Waals surface area contributed by atoms with Crippen molar-refractivity contribution in [2.75, 3.05) is 18.6 Å². The molecule has 0 bridgehead atoms. The van der Waals surface area contributed by atoms with Crippen molar-refractivity contribution in [2.45, 2.75) is 25.8 Å². The molecule has 1 aliphatic heterocycles. The molecule has 2 aromatic carbocycles. The normalized spacial score (nSPS) is 14.8. The monoisotopic (exact) mass is 409 g/mol. The summed E-state index contributed by atoms with van der Waals surface area (Å²) in [6.07, 6.45) is 1.49. The fraction of sp³-hybridized carbons (Fsp3) is 0.273. The van der Waals surface area contributed by atoms with E-state index in [-0.39, 0.29) is 11.7 Å². The lowest BCUT2D eigenvalue weighted by molar-refractivity contribution is -0.140. The van der Waals surface area contributed by atoms with E-state index in [2.05, 4.69) is 5.32 Å². The fourth-order valence-electron chi connectivity index (χ4n) is 3.17. The zero-order valence-electron chi connectivity index (χ0n) is 16.8. The Kier molecular flexibility index (Phi) is 6.46. The number of hydrogen-bond acceptors (Lipinski definition) is 5. The molecule has 1 heterocycles. The van der Waals surface area contributed by atoms with Crippen LogP contribution < -0.4 is 15.0 Å². The number of nitrogens with zero attached hydrogens (tertiary/aromatic N) is 2. The minimum Gasteiger partial charge on any atom is -0.497 e. The lowest BCUT2D eigenvalue weighted by Gasteiger charge is -2.18. The molecule has 0 unspecified atom stereocenters. The third-order valence-electron chi connectivity index (χ3n) is 4.80. The zero-order valence-corrected chi connectivity index (χ0v) is 16.8. The Labute approximate surface area is 174 Å². The quantitative estimate of drug-likeness (QED) is 0.532. The minimum atomic E-state index is -1.03. The van der Waals surface area contributed by atoms with Crippen molar-refractivity contribution in [1.82, 2.24) is 10.2 Å². The highest BCUT2D eigenvalue weighted by Crippen LogP contribution is 2.24. The summed E-state index contributed by atoms with van der Waals surface area (Å²) in [7, 11) is 1.49. The van der Waals surface area contributed by atoms with E-state index in [4.69, 9.17) is 4.74 Å². The first-order valence-electron chi connectivity index (χ1n) is 9.58. The molecule has 0 aliphatic carbocycles. The van der Waals surface area contributed by atoms with Gasteiger partial charge in [-0.2, -0.15) is 0 Å². The number of urea groups is 1. The summed E-state index contributed by atoms with van der Waals surface area (Å²) in [5.41, 5.74) is 1.39. The molecule has 30 heavy (non-hydrogen) atoms. The molecule has 1 saturated heterocycles. The number of carbonyl (C=O) groups excluding carboxylic acids is 4. The molecule has 8 heteroatoms. The van der Waals surface area contributed by atoms with Crippen molar-refractivity contribution < 1.29 is 23.9 Å². The van der Waals surface area contributed by atoms with Crippen LogP contribution in [0.3, 0.4) is 0 Å². The van der Waals surface area contributed by atoms with Crippen molar-refractivity contribution in [1.29, 1.82) is 0 Å². The molecule has 0 saturated carbocycles. The van der Waals surface area contributed by atoms with Gasteiger partial charge in [-0.05, 0) is 49.6 Å². The number of benzene rings is 2. The van der Waals surface area contributed by atoms with Crippen molar-refractivity contribution in [3.8, 4) is 5.75 Å². The minimum absolute atomic E-state index is 0.154. The van der Waals surface area contributed by atoms with Crippen LogP contribution in [0, 0.1) is 0 Å². The van der Waals surface area contributed by atoms with Crippen LogP contribution in [0.15, 0.2) is 54.6 Å². The number of amides is 5. The number of anilines is 1. The standard InChI is InChI=1S/C22H23N3O5/c1-15(8-9-16-6-4-3-5-7-16)23-19(26)14-24-20(27)21(28)25(22(24)29)17-10-12-18(30-2)13-11-17/h3-7,10-13,15H,8-9,14H2,1-2H3,(H,23,26)/t15-/m0/s1. The number of carbonyl (C=O) groups is 4. The first-order valence-corrected chi connectivity index (χ1v) is 9.58. The molecule has 3 rings (SSSR count). The van der Waals surface area contributed by atoms with Gasteiger partial charge < -0.3 is 10.1 Å². The van der Waals surface area contributed by atoms with Crippen LogP contribution in [0.5, 0.6) is 5.75 Å². The van der Waals surface area contributed by atoms with E-state index in [0.29, 0.717) is 17.1 Å². The second-order valence-corrected chi connectivity index (χ2v) is 7.01. The predicted molar refractivity (Wildman–Crippen MR) is 110 cm³/mol. The van der Waals surface area contributed by atoms with E-state index < -0.39 is 30.3 Å². The van der Waals surface area contributed by atoms with Crippen LogP contribution in [0.4, 0.5) is 10.5 Å². The Morgan fingerprint density at radius 3 is 2.30 bits per heavy atom. The van der Waals surface area contributed by atoms with E-state index in [0.717, 1.165) is 16.9 Å². The topological polar surface area (TPSA) is 96.0 Å². The van der Waals surface area contributed by atoms with E-state index in [1.54, 1.807) is 12.1 Å². The van der Waals surface area contributed by atoms with Gasteiger partial charge in [-0.25, -0.2) is 14.6 Å². The molecule has 2 aromatic rings. The highest BCUT2D eigenvalue weighted by atomic mass is 16.5. The van der Waals surface area contributed by atoms with Gasteiger partial charge in [0.15, 0.2) is 0 Å². The molecular formula is C22H23N3O5. The van der Waals surface area contributed by atoms with Gasteiger partial charge in [0.25, 0.3) is 0 Å². The number of imide groups is 2. The average Bonchev–Trinajstić information content (AvgIpc) is 2.96. The van der Waals surface area contributed by atoms with Gasteiger partial charge in [-0.1, -0.05) is 30.3 Å². The second kappa shape index (κ2) is 9.21. The van der Waals surface area contributed by atoms with Gasteiger partial charge in [0.2, 0.25) is 5.91 Å². The van der Waals surface area contributed by atoms with Gasteiger partial charge in [0, 0.05) is 6.04 Å². The number of nitrogens with one attached hydrogen (secondary N) is 1. The first-order chi connectivity index (χ1) is 14.4. The molecule has 0 radical (unpaired) electrons. The highest BCUT2D eigenvalue weighted by molar-refractivity contribution is 6.53. The van der Waals surface area contributed by atoms with E-state index >= 15 is 0 Å². The Bertz CT molecular complexity index is 943. The number of aryl methyl sites for hydroxylation is 1. The van der Waals surface area contributed by atoms with Gasteiger partial charge >= 0.3 is 17.8 Å². The largest absolute Gasteiger partial charge is 0.497 e. The molecule has 5 amide bonds. The first kappa shape index (κ1) is 21.0. The molecule has 1 N–H and O–H groups in total. The van der Waals surface area contributed by atoms with Gasteiger partial charge in [0.05, 0.1) is 12.8 Å². The zero-order chi connectivity index (χ0) is 21.7. The summed E-state index contributed by atoms with van der Waals surface area (Å²) in [5, 5.41) is 2.77. The second-order valence-electron chi connectivity index (χ2n) is 7.01. The summed E-state index contributed by atoms with van der Waals surface area (Å²) in [6, 6.07) is 15.0. The fourth-order valence-corrected chi connectivity index (χ4v) is 3.17. The molecule has 0 spiro atoms. The van der Waals surface area contributed by atoms with Crippen LogP contribution in [0.2, 0.25) is 0 Å². The molecule has 156 valence electrons. The summed E-state index contributed by atoms with van der Waals surface area (Å²) in [4.78, 5) is 50.9. The van der Waals surface area contributed by atoms with E-state index in [1.807, 2.05) is 37.3 Å². The van der Waals surface area contributed by atoms with Crippen LogP contribution in [0.1, 0.15) is 18.9 Å². The third kappa shape index (κ3) is 4.65. The van der Waals surface area contributed by atoms with Crippen LogP contribution in [-0.2, 0) is 20.8 Å². The summed E-state index contributed by atoms with van der Waals surface area (Å²) in [6.45, 7) is 1.34. The molecular weight excluding hydrogens is 386 g/mol. The van der Waals surface area contributed by atoms with Crippen LogP contribution in [0.25, 0.3) is 0 Å². The molecule has 8 nitrogen and oxygen atoms in total. The molecule has 1 atom stereocenters. The number of methoxy groups -OCH3 is 1. The molecule has 0 aromatic heterocycles. The summed E-state index contributed by atoms with van der Waals surface area (Å²) < 4.78 is 5.05. The summed E-state index contributed by atoms with van der Waals surface area (Å²) in [5.74, 6) is -1.97. The van der Waals surface area contributed by atoms with E-state index in [9.17, 15) is 19.2 Å². The maximum absolute atomic E-state index is 12.6. The Hall–Kier alpha value is -3.68. The maximum atomic E-state index is 12.6. The number of ether oxygens (including phenoxy) is 1. The molecule has 1 fully saturated rings. The maximum Gasteiger partial charge on any atom is 0.339 e. The van der Waals surface area contributed by atoms with Crippen LogP contribution >= 0.6 is 0 Å². The molecule has 1 aliphatic rings. The van der Waals surface area contributed by atoms with Crippen molar-refractivity contribution in [2.24, 2.45) is 0 Å². The van der Waals surface area contributed by atoms with Gasteiger partial charge in [-0.3, -0.25) is 14.4 Å². The van der Waals surface area contributed by atoms with Crippen molar-refractivity contribution in [3.05, 3.63) is 60.2 Å². The lowest BCUT2D eigenvalue weighted by Crippen LogP contribution is -2.44. The Balaban J connectivity index is 1.58. The van der Waals surface area contributed by atoms with Gasteiger partial charge in [0.1, 0.15) is 12.3 Å². The Morgan fingerprint density at radius 1 is 1.00 bits per heavy atom. The number of rotatable bonds is 8. The van der Waals surface area contributed by atoms with Crippen LogP contribution in [-0.4, -0.2) is 48.3 Å². The summed E-state index contributed by atoms with van der Waals surface area (Å²) >= 11 is 0. The van der Waals surface area contributed by atoms with Crippen molar-refractivity contribution >= 4 is 29.4 Å². The van der Waals surface area contributed by atoms with Gasteiger partial charge in [-0.15, -0.1) is 0 Å². The smallest absolute Gasteiger partial charge is 0.339 e. The number of hydrogen-bond donors (Lipinski definition) is 1. The average molecular weight is 409 g/mol.